The third-order valence-electron chi connectivity index (χ3n) is 7.10. The van der Waals surface area contributed by atoms with E-state index < -0.39 is 56.9 Å². The Labute approximate surface area is 176 Å². The maximum Gasteiger partial charge on any atom is 0.304 e. The van der Waals surface area contributed by atoms with Crippen molar-refractivity contribution >= 4 is 26.1 Å². The average molecular weight is 466 g/mol. The number of rotatable bonds is 4. The first-order valence-corrected chi connectivity index (χ1v) is 13.4. The van der Waals surface area contributed by atoms with Crippen LogP contribution in [0, 0.1) is 17.8 Å². The van der Waals surface area contributed by atoms with Gasteiger partial charge in [-0.25, -0.2) is 17.5 Å². The van der Waals surface area contributed by atoms with Gasteiger partial charge in [-0.15, -0.1) is 0 Å². The van der Waals surface area contributed by atoms with Crippen molar-refractivity contribution < 1.29 is 31.1 Å². The Balaban J connectivity index is 1.49. The van der Waals surface area contributed by atoms with Crippen molar-refractivity contribution in [1.29, 1.82) is 0 Å². The number of aliphatic hydroxyl groups excluding tert-OH is 1. The van der Waals surface area contributed by atoms with Crippen LogP contribution in [0.1, 0.15) is 32.6 Å². The van der Waals surface area contributed by atoms with Crippen molar-refractivity contribution in [3.8, 4) is 0 Å². The third-order valence-corrected chi connectivity index (χ3v) is 10.4. The van der Waals surface area contributed by atoms with E-state index in [1.54, 1.807) is 6.92 Å². The average Bonchev–Trinajstić information content (AvgIpc) is 3.26. The van der Waals surface area contributed by atoms with Gasteiger partial charge in [0.25, 0.3) is 0 Å². The largest absolute Gasteiger partial charge is 0.391 e. The SMILES string of the molecule is CCS(=O)(=O)N1CC=C(C2CCC3CC(O)C(N4CC(=O)NS4(=O)=O)C(F)C3C2)C1. The van der Waals surface area contributed by atoms with E-state index in [9.17, 15) is 26.7 Å². The number of carbonyl (C=O) groups is 1. The lowest BCUT2D eigenvalue weighted by Gasteiger charge is -2.48. The second-order valence-electron chi connectivity index (χ2n) is 8.72. The number of carbonyl (C=O) groups excluding carboxylic acids is 1. The molecule has 9 nitrogen and oxygen atoms in total. The van der Waals surface area contributed by atoms with Gasteiger partial charge in [0.2, 0.25) is 15.9 Å². The molecule has 30 heavy (non-hydrogen) atoms. The van der Waals surface area contributed by atoms with E-state index in [0.29, 0.717) is 25.9 Å². The van der Waals surface area contributed by atoms with E-state index in [1.165, 1.54) is 4.31 Å². The van der Waals surface area contributed by atoms with Gasteiger partial charge in [-0.2, -0.15) is 17.0 Å². The summed E-state index contributed by atoms with van der Waals surface area (Å²) in [6.07, 6.45) is 1.40. The lowest BCUT2D eigenvalue weighted by atomic mass is 9.63. The van der Waals surface area contributed by atoms with Crippen LogP contribution in [0.3, 0.4) is 0 Å². The summed E-state index contributed by atoms with van der Waals surface area (Å²) in [7, 11) is -7.43. The second-order valence-corrected chi connectivity index (χ2v) is 12.6. The molecule has 0 spiro atoms. The van der Waals surface area contributed by atoms with Crippen molar-refractivity contribution in [2.24, 2.45) is 17.8 Å². The number of amides is 1. The predicted molar refractivity (Wildman–Crippen MR) is 107 cm³/mol. The van der Waals surface area contributed by atoms with Gasteiger partial charge in [0, 0.05) is 13.1 Å². The quantitative estimate of drug-likeness (QED) is 0.552. The minimum Gasteiger partial charge on any atom is -0.391 e. The monoisotopic (exact) mass is 465 g/mol. The normalized spacial score (nSPS) is 40.1. The molecule has 0 aromatic heterocycles. The Hall–Kier alpha value is -1.08. The van der Waals surface area contributed by atoms with Crippen LogP contribution < -0.4 is 4.72 Å². The smallest absolute Gasteiger partial charge is 0.304 e. The van der Waals surface area contributed by atoms with Crippen LogP contribution in [0.25, 0.3) is 0 Å². The Bertz CT molecular complexity index is 953. The first-order chi connectivity index (χ1) is 14.0. The number of sulfonamides is 1. The molecule has 2 heterocycles. The van der Waals surface area contributed by atoms with Crippen molar-refractivity contribution in [2.75, 3.05) is 25.4 Å². The zero-order valence-electron chi connectivity index (χ0n) is 16.8. The molecule has 3 fully saturated rings. The van der Waals surface area contributed by atoms with Gasteiger partial charge in [0.15, 0.2) is 0 Å². The number of nitrogens with zero attached hydrogens (tertiary/aromatic N) is 2. The highest BCUT2D eigenvalue weighted by atomic mass is 32.2. The zero-order chi connectivity index (χ0) is 21.8. The summed E-state index contributed by atoms with van der Waals surface area (Å²) in [5, 5.41) is 10.5. The minimum atomic E-state index is -4.15. The van der Waals surface area contributed by atoms with Crippen LogP contribution in [0.4, 0.5) is 4.39 Å². The summed E-state index contributed by atoms with van der Waals surface area (Å²) in [5.74, 6) is -1.17. The van der Waals surface area contributed by atoms with E-state index >= 15 is 4.39 Å². The highest BCUT2D eigenvalue weighted by molar-refractivity contribution is 7.89. The molecule has 0 radical (unpaired) electrons. The predicted octanol–water partition coefficient (Wildman–Crippen LogP) is -0.241. The fourth-order valence-electron chi connectivity index (χ4n) is 5.52. The molecule has 0 bridgehead atoms. The van der Waals surface area contributed by atoms with Crippen LogP contribution in [-0.2, 0) is 25.0 Å². The molecule has 2 saturated carbocycles. The highest BCUT2D eigenvalue weighted by Crippen LogP contribution is 2.48. The number of hydrogen-bond acceptors (Lipinski definition) is 6. The summed E-state index contributed by atoms with van der Waals surface area (Å²) in [4.78, 5) is 11.6. The van der Waals surface area contributed by atoms with Gasteiger partial charge < -0.3 is 5.11 Å². The van der Waals surface area contributed by atoms with E-state index in [2.05, 4.69) is 0 Å². The summed E-state index contributed by atoms with van der Waals surface area (Å²) in [6.45, 7) is 1.77. The van der Waals surface area contributed by atoms with Crippen LogP contribution in [0.15, 0.2) is 11.6 Å². The number of fused-ring (bicyclic) bond motifs is 1. The first kappa shape index (κ1) is 22.1. The van der Waals surface area contributed by atoms with E-state index in [1.807, 2.05) is 10.8 Å². The molecule has 2 N–H and O–H groups in total. The van der Waals surface area contributed by atoms with Crippen molar-refractivity contribution in [1.82, 2.24) is 13.3 Å². The van der Waals surface area contributed by atoms with Crippen LogP contribution in [0.5, 0.6) is 0 Å². The number of halogens is 1. The summed E-state index contributed by atoms with van der Waals surface area (Å²) in [6, 6.07) is -1.29. The maximum absolute atomic E-state index is 15.6. The fourth-order valence-corrected chi connectivity index (χ4v) is 7.87. The molecule has 0 aromatic rings. The Morgan fingerprint density at radius 3 is 2.63 bits per heavy atom. The third kappa shape index (κ3) is 3.81. The van der Waals surface area contributed by atoms with Gasteiger partial charge in [-0.05, 0) is 50.4 Å². The number of nitrogens with one attached hydrogen (secondary N) is 1. The molecule has 0 aromatic carbocycles. The van der Waals surface area contributed by atoms with Crippen molar-refractivity contribution in [3.63, 3.8) is 0 Å². The summed E-state index contributed by atoms with van der Waals surface area (Å²) in [5.41, 5.74) is 0.992. The minimum absolute atomic E-state index is 0.0344. The first-order valence-electron chi connectivity index (χ1n) is 10.3. The summed E-state index contributed by atoms with van der Waals surface area (Å²) >= 11 is 0. The Morgan fingerprint density at radius 1 is 1.27 bits per heavy atom. The molecule has 2 aliphatic carbocycles. The van der Waals surface area contributed by atoms with E-state index in [-0.39, 0.29) is 24.0 Å². The number of alkyl halides is 1. The molecule has 170 valence electrons. The molecular weight excluding hydrogens is 437 g/mol. The zero-order valence-corrected chi connectivity index (χ0v) is 18.4. The molecule has 4 rings (SSSR count). The van der Waals surface area contributed by atoms with Crippen molar-refractivity contribution in [2.45, 2.75) is 50.9 Å². The number of hydrogen-bond donors (Lipinski definition) is 2. The van der Waals surface area contributed by atoms with Crippen molar-refractivity contribution in [3.05, 3.63) is 11.6 Å². The summed E-state index contributed by atoms with van der Waals surface area (Å²) < 4.78 is 68.3. The maximum atomic E-state index is 15.6. The molecule has 6 unspecified atom stereocenters. The molecule has 12 heteroatoms. The van der Waals surface area contributed by atoms with E-state index in [0.717, 1.165) is 16.3 Å². The molecule has 1 saturated heterocycles. The fraction of sp³-hybridized carbons (Fsp3) is 0.833. The van der Waals surface area contributed by atoms with Gasteiger partial charge in [0.05, 0.1) is 24.4 Å². The van der Waals surface area contributed by atoms with Gasteiger partial charge in [0.1, 0.15) is 6.17 Å². The van der Waals surface area contributed by atoms with Crippen LogP contribution in [-0.4, -0.2) is 80.2 Å². The molecule has 1 amide bonds. The van der Waals surface area contributed by atoms with E-state index in [4.69, 9.17) is 0 Å². The molecule has 2 aliphatic heterocycles. The lowest BCUT2D eigenvalue weighted by molar-refractivity contribution is -0.119. The van der Waals surface area contributed by atoms with Gasteiger partial charge in [-0.3, -0.25) is 4.79 Å². The Morgan fingerprint density at radius 2 is 2.00 bits per heavy atom. The lowest BCUT2D eigenvalue weighted by Crippen LogP contribution is -2.58. The molecular formula is C18H28FN3O6S2. The number of aliphatic hydroxyl groups is 1. The highest BCUT2D eigenvalue weighted by Gasteiger charge is 2.54. The van der Waals surface area contributed by atoms with Gasteiger partial charge >= 0.3 is 10.2 Å². The van der Waals surface area contributed by atoms with Gasteiger partial charge in [-0.1, -0.05) is 11.6 Å². The molecule has 6 atom stereocenters. The van der Waals surface area contributed by atoms with Crippen LogP contribution in [0.2, 0.25) is 0 Å². The Kier molecular flexibility index (Phi) is 5.76. The van der Waals surface area contributed by atoms with Crippen LogP contribution >= 0.6 is 0 Å². The second kappa shape index (κ2) is 7.80. The molecule has 4 aliphatic rings. The standard InChI is InChI=1S/C18H28FN3O6S2/c1-2-29(25,26)21-6-5-13(9-21)11-3-4-12-8-15(23)18(17(19)14(12)7-11)22-10-16(24)20-30(22,27)28/h5,11-12,14-15,17-18,23H,2-4,6-10H2,1H3,(H,20,24). The topological polar surface area (TPSA) is 124 Å².